The summed E-state index contributed by atoms with van der Waals surface area (Å²) in [6.07, 6.45) is 0. The quantitative estimate of drug-likeness (QED) is 0.316. The van der Waals surface area contributed by atoms with Crippen LogP contribution in [-0.2, 0) is 20.9 Å². The van der Waals surface area contributed by atoms with E-state index >= 15 is 0 Å². The van der Waals surface area contributed by atoms with E-state index in [0.717, 1.165) is 17.7 Å². The van der Waals surface area contributed by atoms with E-state index in [2.05, 4.69) is 19.3 Å². The number of nitrogens with two attached hydrogens (primary N) is 1. The molecule has 0 aromatic heterocycles. The number of ether oxygens (including phenoxy) is 2. The topological polar surface area (TPSA) is 73.6 Å². The molecule has 0 saturated heterocycles. The molecule has 3 N–H and O–H groups in total. The molecular formula is C16H26N2O3. The van der Waals surface area contributed by atoms with Gasteiger partial charge in [0.15, 0.2) is 0 Å². The first-order chi connectivity index (χ1) is 10.0. The highest BCUT2D eigenvalue weighted by molar-refractivity contribution is 5.82. The smallest absolute Gasteiger partial charge is 0.241 e. The van der Waals surface area contributed by atoms with Crippen LogP contribution in [0, 0.1) is 5.92 Å². The van der Waals surface area contributed by atoms with Crippen LogP contribution in [-0.4, -0.2) is 25.7 Å². The number of hydrogen-bond donors (Lipinski definition) is 2. The van der Waals surface area contributed by atoms with Crippen molar-refractivity contribution in [2.45, 2.75) is 33.3 Å². The van der Waals surface area contributed by atoms with Crippen LogP contribution in [0.4, 0.5) is 0 Å². The van der Waals surface area contributed by atoms with E-state index in [-0.39, 0.29) is 11.8 Å². The van der Waals surface area contributed by atoms with Crippen molar-refractivity contribution in [3.05, 3.63) is 35.4 Å². The van der Waals surface area contributed by atoms with Crippen LogP contribution in [0.3, 0.4) is 0 Å². The fraction of sp³-hybridized carbons (Fsp3) is 0.562. The van der Waals surface area contributed by atoms with E-state index in [0.29, 0.717) is 25.7 Å². The Bertz CT molecular complexity index is 418. The molecule has 1 rings (SSSR count). The van der Waals surface area contributed by atoms with Crippen molar-refractivity contribution in [2.24, 2.45) is 11.8 Å². The van der Waals surface area contributed by atoms with Crippen molar-refractivity contribution < 1.29 is 14.3 Å². The van der Waals surface area contributed by atoms with Gasteiger partial charge in [0.2, 0.25) is 5.91 Å². The van der Waals surface area contributed by atoms with Gasteiger partial charge in [-0.3, -0.25) is 10.2 Å². The first-order valence-corrected chi connectivity index (χ1v) is 7.29. The van der Waals surface area contributed by atoms with Crippen molar-refractivity contribution in [2.75, 3.05) is 19.8 Å². The van der Waals surface area contributed by atoms with Crippen LogP contribution in [0.2, 0.25) is 0 Å². The Hall–Kier alpha value is -1.43. The van der Waals surface area contributed by atoms with Gasteiger partial charge in [-0.2, -0.15) is 0 Å². The van der Waals surface area contributed by atoms with Crippen molar-refractivity contribution in [3.63, 3.8) is 0 Å². The third kappa shape index (κ3) is 6.71. The molecule has 0 spiro atoms. The van der Waals surface area contributed by atoms with Gasteiger partial charge in [-0.05, 0) is 24.0 Å². The lowest BCUT2D eigenvalue weighted by Crippen LogP contribution is -2.33. The molecule has 1 atom stereocenters. The molecule has 0 radical (unpaired) electrons. The molecule has 0 aliphatic carbocycles. The molecule has 0 saturated carbocycles. The van der Waals surface area contributed by atoms with Gasteiger partial charge in [0.05, 0.1) is 25.7 Å². The molecule has 118 valence electrons. The maximum atomic E-state index is 11.4. The zero-order valence-electron chi connectivity index (χ0n) is 13.1. The van der Waals surface area contributed by atoms with Gasteiger partial charge in [-0.25, -0.2) is 5.84 Å². The number of benzene rings is 1. The third-order valence-corrected chi connectivity index (χ3v) is 3.11. The van der Waals surface area contributed by atoms with Gasteiger partial charge in [0, 0.05) is 6.61 Å². The summed E-state index contributed by atoms with van der Waals surface area (Å²) in [7, 11) is 0. The van der Waals surface area contributed by atoms with E-state index in [4.69, 9.17) is 15.3 Å². The molecule has 1 unspecified atom stereocenters. The largest absolute Gasteiger partial charge is 0.379 e. The zero-order chi connectivity index (χ0) is 15.7. The van der Waals surface area contributed by atoms with E-state index in [1.54, 1.807) is 0 Å². The minimum atomic E-state index is -0.255. The van der Waals surface area contributed by atoms with Gasteiger partial charge < -0.3 is 9.47 Å². The summed E-state index contributed by atoms with van der Waals surface area (Å²) in [6.45, 7) is 8.56. The highest BCUT2D eigenvalue weighted by Gasteiger charge is 2.13. The van der Waals surface area contributed by atoms with Crippen LogP contribution in [0.15, 0.2) is 24.3 Å². The minimum Gasteiger partial charge on any atom is -0.379 e. The third-order valence-electron chi connectivity index (χ3n) is 3.11. The Balaban J connectivity index is 2.30. The lowest BCUT2D eigenvalue weighted by molar-refractivity contribution is -0.122. The molecular weight excluding hydrogens is 268 g/mol. The van der Waals surface area contributed by atoms with E-state index in [9.17, 15) is 4.79 Å². The first-order valence-electron chi connectivity index (χ1n) is 7.29. The summed E-state index contributed by atoms with van der Waals surface area (Å²) in [6, 6.07) is 7.77. The van der Waals surface area contributed by atoms with Crippen molar-refractivity contribution in [1.82, 2.24) is 5.43 Å². The van der Waals surface area contributed by atoms with Crippen LogP contribution in [0.25, 0.3) is 0 Å². The van der Waals surface area contributed by atoms with Crippen LogP contribution in [0.1, 0.15) is 37.8 Å². The van der Waals surface area contributed by atoms with E-state index in [1.165, 1.54) is 0 Å². The predicted molar refractivity (Wildman–Crippen MR) is 82.5 cm³/mol. The standard InChI is InChI=1S/C16H26N2O3/c1-12(2)10-20-8-9-21-11-14-4-6-15(7-5-14)13(3)16(19)18-17/h4-7,12-13H,8-11,17H2,1-3H3,(H,18,19). The summed E-state index contributed by atoms with van der Waals surface area (Å²) in [5.41, 5.74) is 4.17. The predicted octanol–water partition coefficient (Wildman–Crippen LogP) is 1.97. The van der Waals surface area contributed by atoms with Gasteiger partial charge in [0.1, 0.15) is 0 Å². The van der Waals surface area contributed by atoms with Crippen molar-refractivity contribution >= 4 is 5.91 Å². The van der Waals surface area contributed by atoms with Crippen LogP contribution < -0.4 is 11.3 Å². The molecule has 1 aromatic rings. The number of rotatable bonds is 9. The van der Waals surface area contributed by atoms with Crippen LogP contribution in [0.5, 0.6) is 0 Å². The molecule has 0 bridgehead atoms. The average Bonchev–Trinajstić information content (AvgIpc) is 2.49. The number of carbonyl (C=O) groups excluding carboxylic acids is 1. The van der Waals surface area contributed by atoms with E-state index < -0.39 is 0 Å². The maximum Gasteiger partial charge on any atom is 0.241 e. The number of hydrogen-bond acceptors (Lipinski definition) is 4. The normalized spacial score (nSPS) is 12.4. The van der Waals surface area contributed by atoms with Gasteiger partial charge in [-0.15, -0.1) is 0 Å². The lowest BCUT2D eigenvalue weighted by atomic mass is 9.99. The average molecular weight is 294 g/mol. The Labute approximate surface area is 126 Å². The molecule has 0 fully saturated rings. The zero-order valence-corrected chi connectivity index (χ0v) is 13.1. The highest BCUT2D eigenvalue weighted by Crippen LogP contribution is 2.16. The highest BCUT2D eigenvalue weighted by atomic mass is 16.5. The number of nitrogens with one attached hydrogen (secondary N) is 1. The van der Waals surface area contributed by atoms with Gasteiger partial charge >= 0.3 is 0 Å². The summed E-state index contributed by atoms with van der Waals surface area (Å²) in [5.74, 6) is 5.23. The first kappa shape index (κ1) is 17.6. The summed E-state index contributed by atoms with van der Waals surface area (Å²) in [5, 5.41) is 0. The van der Waals surface area contributed by atoms with E-state index in [1.807, 2.05) is 31.2 Å². The molecule has 5 heteroatoms. The molecule has 21 heavy (non-hydrogen) atoms. The lowest BCUT2D eigenvalue weighted by Gasteiger charge is -2.11. The summed E-state index contributed by atoms with van der Waals surface area (Å²) >= 11 is 0. The second-order valence-corrected chi connectivity index (χ2v) is 5.49. The Morgan fingerprint density at radius 2 is 1.76 bits per heavy atom. The van der Waals surface area contributed by atoms with Crippen LogP contribution >= 0.6 is 0 Å². The Kier molecular flexibility index (Phi) is 7.97. The second kappa shape index (κ2) is 9.50. The molecule has 5 nitrogen and oxygen atoms in total. The molecule has 1 aromatic carbocycles. The van der Waals surface area contributed by atoms with Gasteiger partial charge in [0.25, 0.3) is 0 Å². The second-order valence-electron chi connectivity index (χ2n) is 5.49. The molecule has 0 heterocycles. The SMILES string of the molecule is CC(C)COCCOCc1ccc(C(C)C(=O)NN)cc1. The fourth-order valence-corrected chi connectivity index (χ4v) is 1.81. The molecule has 0 aliphatic rings. The summed E-state index contributed by atoms with van der Waals surface area (Å²) < 4.78 is 11.0. The number of hydrazine groups is 1. The fourth-order valence-electron chi connectivity index (χ4n) is 1.81. The van der Waals surface area contributed by atoms with Crippen molar-refractivity contribution in [3.8, 4) is 0 Å². The molecule has 0 aliphatic heterocycles. The number of amides is 1. The Morgan fingerprint density at radius 1 is 1.14 bits per heavy atom. The maximum absolute atomic E-state index is 11.4. The monoisotopic (exact) mass is 294 g/mol. The molecule has 1 amide bonds. The Morgan fingerprint density at radius 3 is 2.33 bits per heavy atom. The van der Waals surface area contributed by atoms with Gasteiger partial charge in [-0.1, -0.05) is 38.1 Å². The minimum absolute atomic E-state index is 0.193. The van der Waals surface area contributed by atoms with Crippen molar-refractivity contribution in [1.29, 1.82) is 0 Å². The number of carbonyl (C=O) groups is 1. The summed E-state index contributed by atoms with van der Waals surface area (Å²) in [4.78, 5) is 11.4.